The molecular weight excluding hydrogens is 248 g/mol. The summed E-state index contributed by atoms with van der Waals surface area (Å²) in [6, 6.07) is 2.94. The van der Waals surface area contributed by atoms with E-state index in [9.17, 15) is 14.7 Å². The molecule has 19 heavy (non-hydrogen) atoms. The largest absolute Gasteiger partial charge is 0.508 e. The van der Waals surface area contributed by atoms with Crippen molar-refractivity contribution < 1.29 is 19.8 Å². The molecule has 0 saturated heterocycles. The first-order chi connectivity index (χ1) is 8.95. The second-order valence-electron chi connectivity index (χ2n) is 4.19. The molecule has 4 N–H and O–H groups in total. The average Bonchev–Trinajstić information content (AvgIpc) is 2.35. The van der Waals surface area contributed by atoms with Crippen LogP contribution in [-0.2, 0) is 4.79 Å². The molecule has 1 atom stereocenters. The van der Waals surface area contributed by atoms with Gasteiger partial charge in [0.2, 0.25) is 5.91 Å². The van der Waals surface area contributed by atoms with E-state index in [2.05, 4.69) is 10.6 Å². The molecule has 104 valence electrons. The topological polar surface area (TPSA) is 98.7 Å². The van der Waals surface area contributed by atoms with Crippen molar-refractivity contribution >= 4 is 11.8 Å². The highest BCUT2D eigenvalue weighted by molar-refractivity contribution is 5.99. The Morgan fingerprint density at radius 1 is 1.32 bits per heavy atom. The molecule has 0 bridgehead atoms. The summed E-state index contributed by atoms with van der Waals surface area (Å²) in [7, 11) is 0. The third kappa shape index (κ3) is 4.17. The number of hydrogen-bond acceptors (Lipinski definition) is 4. The van der Waals surface area contributed by atoms with Crippen LogP contribution in [0.15, 0.2) is 18.2 Å². The lowest BCUT2D eigenvalue weighted by molar-refractivity contribution is -0.122. The van der Waals surface area contributed by atoms with E-state index in [1.54, 1.807) is 6.92 Å². The Balaban J connectivity index is 2.66. The molecule has 6 nitrogen and oxygen atoms in total. The van der Waals surface area contributed by atoms with E-state index in [1.807, 2.05) is 6.92 Å². The Kier molecular flexibility index (Phi) is 5.17. The lowest BCUT2D eigenvalue weighted by Gasteiger charge is -2.14. The molecule has 1 aromatic rings. The summed E-state index contributed by atoms with van der Waals surface area (Å²) in [4.78, 5) is 23.4. The van der Waals surface area contributed by atoms with E-state index in [4.69, 9.17) is 5.11 Å². The zero-order chi connectivity index (χ0) is 14.4. The lowest BCUT2D eigenvalue weighted by atomic mass is 10.1. The van der Waals surface area contributed by atoms with Crippen LogP contribution < -0.4 is 10.6 Å². The standard InChI is InChI=1S/C13H18N2O4/c1-3-6-14-12(18)8(2)15-13(19)10-5-4-9(16)7-11(10)17/h4-5,7-8,16-17H,3,6H2,1-2H3,(H,14,18)(H,15,19). The fraction of sp³-hybridized carbons (Fsp3) is 0.385. The van der Waals surface area contributed by atoms with Crippen LogP contribution in [0.1, 0.15) is 30.6 Å². The van der Waals surface area contributed by atoms with Gasteiger partial charge in [-0.05, 0) is 25.5 Å². The van der Waals surface area contributed by atoms with Gasteiger partial charge in [-0.3, -0.25) is 9.59 Å². The number of amides is 2. The minimum absolute atomic E-state index is 0.00735. The Morgan fingerprint density at radius 3 is 2.58 bits per heavy atom. The van der Waals surface area contributed by atoms with Crippen LogP contribution in [0.5, 0.6) is 11.5 Å². The minimum Gasteiger partial charge on any atom is -0.508 e. The molecule has 0 aliphatic rings. The molecule has 0 heterocycles. The fourth-order valence-corrected chi connectivity index (χ4v) is 1.45. The summed E-state index contributed by atoms with van der Waals surface area (Å²) in [6.07, 6.45) is 0.811. The highest BCUT2D eigenvalue weighted by Gasteiger charge is 2.18. The summed E-state index contributed by atoms with van der Waals surface area (Å²) < 4.78 is 0. The van der Waals surface area contributed by atoms with Crippen molar-refractivity contribution in [2.45, 2.75) is 26.3 Å². The highest BCUT2D eigenvalue weighted by atomic mass is 16.3. The first-order valence-corrected chi connectivity index (χ1v) is 6.06. The maximum absolute atomic E-state index is 11.8. The second-order valence-corrected chi connectivity index (χ2v) is 4.19. The van der Waals surface area contributed by atoms with Gasteiger partial charge in [-0.25, -0.2) is 0 Å². The van der Waals surface area contributed by atoms with Crippen LogP contribution in [0, 0.1) is 0 Å². The van der Waals surface area contributed by atoms with Gasteiger partial charge in [0.25, 0.3) is 5.91 Å². The number of phenolic OH excluding ortho intramolecular Hbond substituents is 2. The molecule has 0 aliphatic carbocycles. The van der Waals surface area contributed by atoms with E-state index >= 15 is 0 Å². The van der Waals surface area contributed by atoms with E-state index < -0.39 is 11.9 Å². The SMILES string of the molecule is CCCNC(=O)C(C)NC(=O)c1ccc(O)cc1O. The van der Waals surface area contributed by atoms with Crippen molar-refractivity contribution in [2.75, 3.05) is 6.54 Å². The Bertz CT molecular complexity index is 474. The number of rotatable bonds is 5. The van der Waals surface area contributed by atoms with Crippen molar-refractivity contribution in [3.05, 3.63) is 23.8 Å². The molecule has 6 heteroatoms. The van der Waals surface area contributed by atoms with Gasteiger partial charge in [0.15, 0.2) is 0 Å². The lowest BCUT2D eigenvalue weighted by Crippen LogP contribution is -2.45. The number of carbonyl (C=O) groups is 2. The molecule has 0 spiro atoms. The maximum Gasteiger partial charge on any atom is 0.255 e. The van der Waals surface area contributed by atoms with Crippen LogP contribution >= 0.6 is 0 Å². The number of hydrogen-bond donors (Lipinski definition) is 4. The average molecular weight is 266 g/mol. The van der Waals surface area contributed by atoms with Crippen LogP contribution in [0.25, 0.3) is 0 Å². The summed E-state index contributed by atoms with van der Waals surface area (Å²) >= 11 is 0. The maximum atomic E-state index is 11.8. The van der Waals surface area contributed by atoms with Gasteiger partial charge < -0.3 is 20.8 Å². The first-order valence-electron chi connectivity index (χ1n) is 6.06. The van der Waals surface area contributed by atoms with Crippen LogP contribution in [-0.4, -0.2) is 34.6 Å². The first kappa shape index (κ1) is 14.8. The molecule has 0 aromatic heterocycles. The zero-order valence-electron chi connectivity index (χ0n) is 10.9. The summed E-state index contributed by atoms with van der Waals surface area (Å²) in [6.45, 7) is 4.03. The molecule has 1 unspecified atom stereocenters. The Hall–Kier alpha value is -2.24. The van der Waals surface area contributed by atoms with Gasteiger partial charge in [-0.2, -0.15) is 0 Å². The molecular formula is C13H18N2O4. The second kappa shape index (κ2) is 6.63. The molecule has 2 amide bonds. The van der Waals surface area contributed by atoms with Crippen LogP contribution in [0.3, 0.4) is 0 Å². The van der Waals surface area contributed by atoms with Gasteiger partial charge in [0.05, 0.1) is 5.56 Å². The number of benzene rings is 1. The molecule has 1 rings (SSSR count). The zero-order valence-corrected chi connectivity index (χ0v) is 10.9. The Morgan fingerprint density at radius 2 is 2.00 bits per heavy atom. The summed E-state index contributed by atoms with van der Waals surface area (Å²) in [5.74, 6) is -1.33. The van der Waals surface area contributed by atoms with E-state index in [0.29, 0.717) is 6.54 Å². The minimum atomic E-state index is -0.702. The van der Waals surface area contributed by atoms with Gasteiger partial charge in [0.1, 0.15) is 17.5 Å². The quantitative estimate of drug-likeness (QED) is 0.631. The monoisotopic (exact) mass is 266 g/mol. The van der Waals surface area contributed by atoms with E-state index in [-0.39, 0.29) is 23.0 Å². The number of aromatic hydroxyl groups is 2. The number of nitrogens with one attached hydrogen (secondary N) is 2. The molecule has 0 radical (unpaired) electrons. The van der Waals surface area contributed by atoms with Gasteiger partial charge >= 0.3 is 0 Å². The molecule has 1 aromatic carbocycles. The summed E-state index contributed by atoms with van der Waals surface area (Å²) in [5, 5.41) is 23.8. The molecule has 0 saturated carbocycles. The van der Waals surface area contributed by atoms with Gasteiger partial charge in [0, 0.05) is 12.6 Å². The van der Waals surface area contributed by atoms with Gasteiger partial charge in [-0.1, -0.05) is 6.92 Å². The third-order valence-electron chi connectivity index (χ3n) is 2.52. The van der Waals surface area contributed by atoms with Crippen molar-refractivity contribution in [1.29, 1.82) is 0 Å². The summed E-state index contributed by atoms with van der Waals surface area (Å²) in [5.41, 5.74) is 0.00735. The number of carbonyl (C=O) groups excluding carboxylic acids is 2. The molecule has 0 fully saturated rings. The van der Waals surface area contributed by atoms with Crippen molar-refractivity contribution in [2.24, 2.45) is 0 Å². The van der Waals surface area contributed by atoms with E-state index in [1.165, 1.54) is 12.1 Å². The van der Waals surface area contributed by atoms with Crippen LogP contribution in [0.2, 0.25) is 0 Å². The normalized spacial score (nSPS) is 11.7. The van der Waals surface area contributed by atoms with Crippen molar-refractivity contribution in [3.63, 3.8) is 0 Å². The van der Waals surface area contributed by atoms with Crippen LogP contribution in [0.4, 0.5) is 0 Å². The number of phenols is 2. The van der Waals surface area contributed by atoms with E-state index in [0.717, 1.165) is 12.5 Å². The van der Waals surface area contributed by atoms with Gasteiger partial charge in [-0.15, -0.1) is 0 Å². The third-order valence-corrected chi connectivity index (χ3v) is 2.52. The smallest absolute Gasteiger partial charge is 0.255 e. The van der Waals surface area contributed by atoms with Crippen molar-refractivity contribution in [3.8, 4) is 11.5 Å². The highest BCUT2D eigenvalue weighted by Crippen LogP contribution is 2.22. The van der Waals surface area contributed by atoms with Crippen molar-refractivity contribution in [1.82, 2.24) is 10.6 Å². The molecule has 0 aliphatic heterocycles. The predicted octanol–water partition coefficient (Wildman–Crippen LogP) is 0.742. The Labute approximate surface area is 111 Å². The fourth-order valence-electron chi connectivity index (χ4n) is 1.45. The predicted molar refractivity (Wildman–Crippen MR) is 70.0 cm³/mol.